The van der Waals surface area contributed by atoms with E-state index in [0.29, 0.717) is 23.8 Å². The van der Waals surface area contributed by atoms with Crippen LogP contribution in [0.5, 0.6) is 0 Å². The molecule has 0 aromatic rings. The zero-order chi connectivity index (χ0) is 13.6. The molecule has 2 bridgehead atoms. The molecule has 1 aliphatic heterocycles. The van der Waals surface area contributed by atoms with Gasteiger partial charge in [0.2, 0.25) is 5.91 Å². The summed E-state index contributed by atoms with van der Waals surface area (Å²) in [6, 6.07) is 0.507. The van der Waals surface area contributed by atoms with Crippen molar-refractivity contribution in [1.29, 1.82) is 0 Å². The number of likely N-dealkylation sites (N-methyl/N-ethyl adjacent to an activating group) is 2. The van der Waals surface area contributed by atoms with Crippen molar-refractivity contribution in [3.63, 3.8) is 0 Å². The van der Waals surface area contributed by atoms with Gasteiger partial charge in [-0.05, 0) is 57.5 Å². The van der Waals surface area contributed by atoms with Crippen molar-refractivity contribution in [1.82, 2.24) is 9.80 Å². The topological polar surface area (TPSA) is 49.6 Å². The number of rotatable bonds is 2. The van der Waals surface area contributed by atoms with Crippen LogP contribution in [0.3, 0.4) is 0 Å². The SMILES string of the molecule is CN1CCCC(N(C)C(=O)C2C3CCC(C3)C2N)C1. The van der Waals surface area contributed by atoms with E-state index in [-0.39, 0.29) is 12.0 Å². The molecule has 5 atom stereocenters. The molecule has 3 rings (SSSR count). The second-order valence-electron chi connectivity index (χ2n) is 6.94. The molecule has 0 spiro atoms. The highest BCUT2D eigenvalue weighted by Crippen LogP contribution is 2.48. The zero-order valence-electron chi connectivity index (χ0n) is 12.2. The van der Waals surface area contributed by atoms with E-state index in [0.717, 1.165) is 19.5 Å². The van der Waals surface area contributed by atoms with Gasteiger partial charge < -0.3 is 15.5 Å². The van der Waals surface area contributed by atoms with Gasteiger partial charge in [0.25, 0.3) is 0 Å². The minimum atomic E-state index is 0.107. The Morgan fingerprint density at radius 3 is 2.63 bits per heavy atom. The predicted molar refractivity (Wildman–Crippen MR) is 75.6 cm³/mol. The Morgan fingerprint density at radius 1 is 1.26 bits per heavy atom. The van der Waals surface area contributed by atoms with Crippen LogP contribution in [0.2, 0.25) is 0 Å². The van der Waals surface area contributed by atoms with Gasteiger partial charge in [-0.25, -0.2) is 0 Å². The van der Waals surface area contributed by atoms with E-state index in [1.54, 1.807) is 0 Å². The van der Waals surface area contributed by atoms with Crippen molar-refractivity contribution < 1.29 is 4.79 Å². The molecule has 19 heavy (non-hydrogen) atoms. The summed E-state index contributed by atoms with van der Waals surface area (Å²) in [4.78, 5) is 17.1. The van der Waals surface area contributed by atoms with Crippen LogP contribution < -0.4 is 5.73 Å². The number of hydrogen-bond acceptors (Lipinski definition) is 3. The van der Waals surface area contributed by atoms with Crippen molar-refractivity contribution in [2.24, 2.45) is 23.5 Å². The maximum atomic E-state index is 12.8. The fourth-order valence-corrected chi connectivity index (χ4v) is 4.57. The molecule has 2 saturated carbocycles. The Labute approximate surface area is 116 Å². The van der Waals surface area contributed by atoms with Gasteiger partial charge in [0.05, 0.1) is 5.92 Å². The van der Waals surface area contributed by atoms with Gasteiger partial charge in [0.15, 0.2) is 0 Å². The molecule has 3 fully saturated rings. The maximum absolute atomic E-state index is 12.8. The number of piperidine rings is 1. The van der Waals surface area contributed by atoms with Crippen molar-refractivity contribution in [3.8, 4) is 0 Å². The molecule has 4 nitrogen and oxygen atoms in total. The Balaban J connectivity index is 1.66. The Hall–Kier alpha value is -0.610. The second kappa shape index (κ2) is 5.06. The van der Waals surface area contributed by atoms with Gasteiger partial charge >= 0.3 is 0 Å². The van der Waals surface area contributed by atoms with E-state index in [1.165, 1.54) is 25.7 Å². The molecule has 3 aliphatic rings. The second-order valence-corrected chi connectivity index (χ2v) is 6.94. The van der Waals surface area contributed by atoms with Crippen molar-refractivity contribution >= 4 is 5.91 Å². The third-order valence-electron chi connectivity index (χ3n) is 5.76. The average Bonchev–Trinajstić information content (AvgIpc) is 2.98. The summed E-state index contributed by atoms with van der Waals surface area (Å²) in [5, 5.41) is 0. The molecule has 0 aromatic heterocycles. The van der Waals surface area contributed by atoms with Crippen LogP contribution in [-0.2, 0) is 4.79 Å². The van der Waals surface area contributed by atoms with Crippen LogP contribution >= 0.6 is 0 Å². The summed E-state index contributed by atoms with van der Waals surface area (Å²) in [7, 11) is 4.14. The van der Waals surface area contributed by atoms with Crippen molar-refractivity contribution in [3.05, 3.63) is 0 Å². The number of nitrogens with two attached hydrogens (primary N) is 1. The number of nitrogens with zero attached hydrogens (tertiary/aromatic N) is 2. The van der Waals surface area contributed by atoms with Crippen molar-refractivity contribution in [2.75, 3.05) is 27.2 Å². The summed E-state index contributed by atoms with van der Waals surface area (Å²) in [6.45, 7) is 2.17. The summed E-state index contributed by atoms with van der Waals surface area (Å²) in [5.41, 5.74) is 6.30. The molecule has 2 aliphatic carbocycles. The zero-order valence-corrected chi connectivity index (χ0v) is 12.2. The van der Waals surface area contributed by atoms with E-state index < -0.39 is 0 Å². The summed E-state index contributed by atoms with van der Waals surface area (Å²) >= 11 is 0. The van der Waals surface area contributed by atoms with Gasteiger partial charge in [0, 0.05) is 25.7 Å². The first-order chi connectivity index (χ1) is 9.08. The molecular formula is C15H27N3O. The lowest BCUT2D eigenvalue weighted by Gasteiger charge is -2.39. The fourth-order valence-electron chi connectivity index (χ4n) is 4.57. The van der Waals surface area contributed by atoms with Gasteiger partial charge in [0.1, 0.15) is 0 Å². The van der Waals surface area contributed by atoms with Gasteiger partial charge in [-0.3, -0.25) is 4.79 Å². The number of hydrogen-bond donors (Lipinski definition) is 1. The molecule has 1 saturated heterocycles. The van der Waals surface area contributed by atoms with Crippen molar-refractivity contribution in [2.45, 2.75) is 44.2 Å². The average molecular weight is 265 g/mol. The molecule has 0 radical (unpaired) electrons. The van der Waals surface area contributed by atoms with E-state index in [4.69, 9.17) is 5.73 Å². The maximum Gasteiger partial charge on any atom is 0.227 e. The molecule has 5 unspecified atom stereocenters. The van der Waals surface area contributed by atoms with Crippen LogP contribution in [0.25, 0.3) is 0 Å². The third kappa shape index (κ3) is 2.29. The van der Waals surface area contributed by atoms with E-state index in [2.05, 4.69) is 11.9 Å². The number of amides is 1. The van der Waals surface area contributed by atoms with Crippen LogP contribution in [0.15, 0.2) is 0 Å². The number of fused-ring (bicyclic) bond motifs is 2. The van der Waals surface area contributed by atoms with E-state index in [1.807, 2.05) is 11.9 Å². The minimum absolute atomic E-state index is 0.107. The highest BCUT2D eigenvalue weighted by Gasteiger charge is 2.50. The van der Waals surface area contributed by atoms with Crippen LogP contribution in [0.1, 0.15) is 32.1 Å². The van der Waals surface area contributed by atoms with Crippen LogP contribution in [0, 0.1) is 17.8 Å². The smallest absolute Gasteiger partial charge is 0.227 e. The fraction of sp³-hybridized carbons (Fsp3) is 0.933. The van der Waals surface area contributed by atoms with E-state index in [9.17, 15) is 4.79 Å². The Kier molecular flexibility index (Phi) is 3.56. The van der Waals surface area contributed by atoms with E-state index >= 15 is 0 Å². The number of likely N-dealkylation sites (tertiary alicyclic amines) is 1. The lowest BCUT2D eigenvalue weighted by molar-refractivity contribution is -0.139. The lowest BCUT2D eigenvalue weighted by atomic mass is 9.83. The normalized spacial score (nSPS) is 42.6. The molecule has 108 valence electrons. The van der Waals surface area contributed by atoms with Gasteiger partial charge in [-0.1, -0.05) is 0 Å². The lowest BCUT2D eigenvalue weighted by Crippen LogP contribution is -2.52. The molecule has 1 heterocycles. The van der Waals surface area contributed by atoms with Gasteiger partial charge in [-0.15, -0.1) is 0 Å². The van der Waals surface area contributed by atoms with Gasteiger partial charge in [-0.2, -0.15) is 0 Å². The molecule has 2 N–H and O–H groups in total. The minimum Gasteiger partial charge on any atom is -0.341 e. The molecule has 1 amide bonds. The molecule has 4 heteroatoms. The summed E-state index contributed by atoms with van der Waals surface area (Å²) < 4.78 is 0. The standard InChI is InChI=1S/C15H27N3O/c1-17-7-3-4-12(9-17)18(2)15(19)13-10-5-6-11(8-10)14(13)16/h10-14H,3-9,16H2,1-2H3. The largest absolute Gasteiger partial charge is 0.341 e. The summed E-state index contributed by atoms with van der Waals surface area (Å²) in [5.74, 6) is 1.61. The first-order valence-electron chi connectivity index (χ1n) is 7.78. The van der Waals surface area contributed by atoms with Crippen LogP contribution in [0.4, 0.5) is 0 Å². The first-order valence-corrected chi connectivity index (χ1v) is 7.78. The quantitative estimate of drug-likeness (QED) is 0.807. The monoisotopic (exact) mass is 265 g/mol. The van der Waals surface area contributed by atoms with Crippen LogP contribution in [-0.4, -0.2) is 55.0 Å². The molecule has 0 aromatic carbocycles. The number of carbonyl (C=O) groups is 1. The number of carbonyl (C=O) groups excluding carboxylic acids is 1. The third-order valence-corrected chi connectivity index (χ3v) is 5.76. The summed E-state index contributed by atoms with van der Waals surface area (Å²) in [6.07, 6.45) is 5.98. The Bertz CT molecular complexity index is 357. The highest BCUT2D eigenvalue weighted by molar-refractivity contribution is 5.80. The Morgan fingerprint density at radius 2 is 2.00 bits per heavy atom. The molecular weight excluding hydrogens is 238 g/mol. The highest BCUT2D eigenvalue weighted by atomic mass is 16.2. The predicted octanol–water partition coefficient (Wildman–Crippen LogP) is 0.912. The first kappa shape index (κ1) is 13.4.